The van der Waals surface area contributed by atoms with E-state index in [4.69, 9.17) is 10.5 Å². The van der Waals surface area contributed by atoms with E-state index >= 15 is 0 Å². The molecule has 0 saturated carbocycles. The van der Waals surface area contributed by atoms with Gasteiger partial charge in [0, 0.05) is 12.1 Å². The van der Waals surface area contributed by atoms with Gasteiger partial charge in [-0.1, -0.05) is 12.1 Å². The first-order valence-electron chi connectivity index (χ1n) is 10.5. The lowest BCUT2D eigenvalue weighted by Crippen LogP contribution is -2.46. The summed E-state index contributed by atoms with van der Waals surface area (Å²) in [4.78, 5) is 30.9. The molecule has 8 heteroatoms. The predicted molar refractivity (Wildman–Crippen MR) is 120 cm³/mol. The maximum absolute atomic E-state index is 13.1. The normalized spacial score (nSPS) is 16.2. The monoisotopic (exact) mass is 435 g/mol. The standard InChI is InChI=1S/C24H25N3O5/c1-14-20(24(30)31)22(25)21-18(26-14)9-5-10-19(21)32-13-16-7-2-3-11-27(16)23(29)15-6-4-8-17(28)12-15/h4-6,8-10,12,16,28H,2-3,7,11,13H2,1H3,(H2,25,26)(H,30,31). The van der Waals surface area contributed by atoms with Crippen molar-refractivity contribution in [3.05, 3.63) is 59.3 Å². The van der Waals surface area contributed by atoms with Crippen LogP contribution >= 0.6 is 0 Å². The van der Waals surface area contributed by atoms with Gasteiger partial charge in [-0.15, -0.1) is 0 Å². The number of phenolic OH excluding ortho intramolecular Hbond substituents is 1. The summed E-state index contributed by atoms with van der Waals surface area (Å²) in [7, 11) is 0. The van der Waals surface area contributed by atoms with E-state index in [2.05, 4.69) is 4.98 Å². The summed E-state index contributed by atoms with van der Waals surface area (Å²) in [6.45, 7) is 2.45. The fourth-order valence-corrected chi connectivity index (χ4v) is 4.26. The van der Waals surface area contributed by atoms with Crippen LogP contribution in [0.5, 0.6) is 11.5 Å². The molecule has 3 aromatic rings. The Balaban J connectivity index is 1.61. The average molecular weight is 435 g/mol. The van der Waals surface area contributed by atoms with Crippen LogP contribution in [0.25, 0.3) is 10.9 Å². The molecule has 8 nitrogen and oxygen atoms in total. The Kier molecular flexibility index (Phi) is 5.85. The number of pyridine rings is 1. The van der Waals surface area contributed by atoms with Gasteiger partial charge in [0.25, 0.3) is 5.91 Å². The third kappa shape index (κ3) is 4.03. The summed E-state index contributed by atoms with van der Waals surface area (Å²) in [5, 5.41) is 19.7. The van der Waals surface area contributed by atoms with E-state index in [0.717, 1.165) is 19.3 Å². The zero-order valence-corrected chi connectivity index (χ0v) is 17.7. The van der Waals surface area contributed by atoms with E-state index in [1.165, 1.54) is 12.1 Å². The number of carbonyl (C=O) groups excluding carboxylic acids is 1. The second-order valence-corrected chi connectivity index (χ2v) is 7.95. The second kappa shape index (κ2) is 8.74. The lowest BCUT2D eigenvalue weighted by Gasteiger charge is -2.35. The number of hydrogen-bond acceptors (Lipinski definition) is 6. The number of piperidine rings is 1. The van der Waals surface area contributed by atoms with Gasteiger partial charge in [0.15, 0.2) is 0 Å². The number of aromatic carboxylic acids is 1. The summed E-state index contributed by atoms with van der Waals surface area (Å²) in [6.07, 6.45) is 2.65. The molecule has 0 aliphatic carbocycles. The summed E-state index contributed by atoms with van der Waals surface area (Å²) in [5.41, 5.74) is 7.61. The number of fused-ring (bicyclic) bond motifs is 1. The van der Waals surface area contributed by atoms with E-state index in [0.29, 0.717) is 34.5 Å². The topological polar surface area (TPSA) is 126 Å². The van der Waals surface area contributed by atoms with Crippen molar-refractivity contribution < 1.29 is 24.5 Å². The van der Waals surface area contributed by atoms with Gasteiger partial charge in [0.1, 0.15) is 23.7 Å². The van der Waals surface area contributed by atoms with Crippen LogP contribution in [-0.4, -0.2) is 51.2 Å². The molecule has 2 aromatic carbocycles. The van der Waals surface area contributed by atoms with Crippen LogP contribution in [0.15, 0.2) is 42.5 Å². The SMILES string of the molecule is Cc1nc2cccc(OCC3CCCCN3C(=O)c3cccc(O)c3)c2c(N)c1C(=O)O. The minimum Gasteiger partial charge on any atom is -0.508 e. The summed E-state index contributed by atoms with van der Waals surface area (Å²) in [5.74, 6) is -0.814. The molecule has 0 spiro atoms. The Morgan fingerprint density at radius 2 is 2.00 bits per heavy atom. The number of carboxylic acid groups (broad SMARTS) is 1. The molecular formula is C24H25N3O5. The highest BCUT2D eigenvalue weighted by Gasteiger charge is 2.29. The zero-order chi connectivity index (χ0) is 22.8. The molecule has 1 aliphatic rings. The van der Waals surface area contributed by atoms with E-state index < -0.39 is 5.97 Å². The van der Waals surface area contributed by atoms with Crippen LogP contribution in [0.4, 0.5) is 5.69 Å². The van der Waals surface area contributed by atoms with Crippen molar-refractivity contribution in [2.75, 3.05) is 18.9 Å². The number of aryl methyl sites for hydroxylation is 1. The molecule has 1 unspecified atom stereocenters. The van der Waals surface area contributed by atoms with Crippen LogP contribution in [-0.2, 0) is 0 Å². The lowest BCUT2D eigenvalue weighted by atomic mass is 10.0. The van der Waals surface area contributed by atoms with Crippen LogP contribution in [0, 0.1) is 6.92 Å². The van der Waals surface area contributed by atoms with Gasteiger partial charge in [-0.2, -0.15) is 0 Å². The number of nitrogen functional groups attached to an aromatic ring is 1. The number of anilines is 1. The highest BCUT2D eigenvalue weighted by Crippen LogP contribution is 2.34. The smallest absolute Gasteiger partial charge is 0.339 e. The summed E-state index contributed by atoms with van der Waals surface area (Å²) in [6, 6.07) is 11.4. The maximum Gasteiger partial charge on any atom is 0.339 e. The molecule has 4 rings (SSSR count). The number of carboxylic acids is 1. The molecular weight excluding hydrogens is 410 g/mol. The number of ether oxygens (including phenoxy) is 1. The maximum atomic E-state index is 13.1. The predicted octanol–water partition coefficient (Wildman–Crippen LogP) is 3.60. The number of benzene rings is 2. The largest absolute Gasteiger partial charge is 0.508 e. The molecule has 1 fully saturated rings. The van der Waals surface area contributed by atoms with Crippen LogP contribution < -0.4 is 10.5 Å². The number of nitrogens with zero attached hydrogens (tertiary/aromatic N) is 2. The van der Waals surface area contributed by atoms with Crippen molar-refractivity contribution in [1.29, 1.82) is 0 Å². The highest BCUT2D eigenvalue weighted by molar-refractivity contribution is 6.06. The van der Waals surface area contributed by atoms with Crippen molar-refractivity contribution in [1.82, 2.24) is 9.88 Å². The van der Waals surface area contributed by atoms with E-state index in [1.54, 1.807) is 42.2 Å². The van der Waals surface area contributed by atoms with Crippen molar-refractivity contribution in [3.63, 3.8) is 0 Å². The first kappa shape index (κ1) is 21.4. The molecule has 0 bridgehead atoms. The highest BCUT2D eigenvalue weighted by atomic mass is 16.5. The Bertz CT molecular complexity index is 1190. The number of aromatic hydroxyl groups is 1. The zero-order valence-electron chi connectivity index (χ0n) is 17.7. The Morgan fingerprint density at radius 1 is 1.22 bits per heavy atom. The number of phenols is 1. The number of aromatic nitrogens is 1. The van der Waals surface area contributed by atoms with Crippen LogP contribution in [0.2, 0.25) is 0 Å². The van der Waals surface area contributed by atoms with Crippen molar-refractivity contribution in [2.24, 2.45) is 0 Å². The fourth-order valence-electron chi connectivity index (χ4n) is 4.26. The molecule has 1 amide bonds. The van der Waals surface area contributed by atoms with Crippen molar-refractivity contribution >= 4 is 28.5 Å². The number of carbonyl (C=O) groups is 2. The number of amides is 1. The van der Waals surface area contributed by atoms with Crippen molar-refractivity contribution in [3.8, 4) is 11.5 Å². The molecule has 1 aromatic heterocycles. The van der Waals surface area contributed by atoms with E-state index in [-0.39, 0.29) is 35.6 Å². The molecule has 2 heterocycles. The Labute approximate surface area is 185 Å². The third-order valence-corrected chi connectivity index (χ3v) is 5.82. The first-order valence-corrected chi connectivity index (χ1v) is 10.5. The quantitative estimate of drug-likeness (QED) is 0.559. The molecule has 1 saturated heterocycles. The first-order chi connectivity index (χ1) is 15.4. The molecule has 166 valence electrons. The van der Waals surface area contributed by atoms with E-state index in [1.807, 2.05) is 0 Å². The fraction of sp³-hybridized carbons (Fsp3) is 0.292. The molecule has 0 radical (unpaired) electrons. The average Bonchev–Trinajstić information content (AvgIpc) is 2.77. The minimum absolute atomic E-state index is 0.0353. The molecule has 4 N–H and O–H groups in total. The number of rotatable bonds is 5. The van der Waals surface area contributed by atoms with Crippen LogP contribution in [0.1, 0.15) is 45.7 Å². The third-order valence-electron chi connectivity index (χ3n) is 5.82. The Morgan fingerprint density at radius 3 is 2.75 bits per heavy atom. The molecule has 32 heavy (non-hydrogen) atoms. The van der Waals surface area contributed by atoms with Gasteiger partial charge in [-0.05, 0) is 56.5 Å². The van der Waals surface area contributed by atoms with Gasteiger partial charge < -0.3 is 25.6 Å². The summed E-state index contributed by atoms with van der Waals surface area (Å²) < 4.78 is 6.10. The minimum atomic E-state index is -1.14. The molecule has 1 atom stereocenters. The number of nitrogens with two attached hydrogens (primary N) is 1. The van der Waals surface area contributed by atoms with Gasteiger partial charge in [0.2, 0.25) is 0 Å². The van der Waals surface area contributed by atoms with Gasteiger partial charge >= 0.3 is 5.97 Å². The second-order valence-electron chi connectivity index (χ2n) is 7.95. The van der Waals surface area contributed by atoms with Gasteiger partial charge in [-0.25, -0.2) is 4.79 Å². The van der Waals surface area contributed by atoms with E-state index in [9.17, 15) is 19.8 Å². The number of likely N-dealkylation sites (tertiary alicyclic amines) is 1. The summed E-state index contributed by atoms with van der Waals surface area (Å²) >= 11 is 0. The van der Waals surface area contributed by atoms with Gasteiger partial charge in [0.05, 0.1) is 28.3 Å². The van der Waals surface area contributed by atoms with Gasteiger partial charge in [-0.3, -0.25) is 9.78 Å². The molecule has 1 aliphatic heterocycles. The van der Waals surface area contributed by atoms with Crippen LogP contribution in [0.3, 0.4) is 0 Å². The lowest BCUT2D eigenvalue weighted by molar-refractivity contribution is 0.0529. The Hall–Kier alpha value is -3.81. The van der Waals surface area contributed by atoms with Crippen molar-refractivity contribution in [2.45, 2.75) is 32.2 Å². The number of hydrogen-bond donors (Lipinski definition) is 3.